The molecule has 1 saturated carbocycles. The predicted octanol–water partition coefficient (Wildman–Crippen LogP) is 2.31. The Labute approximate surface area is 149 Å². The number of hydrogen-bond donors (Lipinski definition) is 2. The maximum absolute atomic E-state index is 12.5. The first kappa shape index (κ1) is 19.6. The van der Waals surface area contributed by atoms with Crippen LogP contribution in [0, 0.1) is 11.8 Å². The highest BCUT2D eigenvalue weighted by Crippen LogP contribution is 2.29. The van der Waals surface area contributed by atoms with E-state index in [1.807, 2.05) is 13.8 Å². The van der Waals surface area contributed by atoms with Gasteiger partial charge >= 0.3 is 0 Å². The molecule has 0 radical (unpaired) electrons. The second-order valence-corrected chi connectivity index (χ2v) is 7.21. The number of rotatable bonds is 7. The third-order valence-electron chi connectivity index (χ3n) is 5.06. The summed E-state index contributed by atoms with van der Waals surface area (Å²) in [5.74, 6) is 1.22. The molecule has 1 aromatic heterocycles. The molecule has 2 rings (SSSR count). The van der Waals surface area contributed by atoms with Gasteiger partial charge in [-0.3, -0.25) is 9.59 Å². The van der Waals surface area contributed by atoms with Gasteiger partial charge in [-0.1, -0.05) is 20.8 Å². The van der Waals surface area contributed by atoms with Crippen molar-refractivity contribution < 1.29 is 9.53 Å². The molecule has 0 bridgehead atoms. The minimum atomic E-state index is -0.408. The standard InChI is InChI=1S/C18H30N4O3/c1-5-14(19-17(23)13-8-6-11(2)7-9-13)15-18(24)20-16(22-21-15)12(3)10-25-4/h11-14H,5-10H2,1-4H3,(H,19,23)(H,20,22,24). The zero-order chi connectivity index (χ0) is 18.4. The first-order valence-corrected chi connectivity index (χ1v) is 9.22. The van der Waals surface area contributed by atoms with Gasteiger partial charge < -0.3 is 15.0 Å². The van der Waals surface area contributed by atoms with Crippen LogP contribution in [0.5, 0.6) is 0 Å². The molecule has 1 amide bonds. The highest BCUT2D eigenvalue weighted by Gasteiger charge is 2.27. The molecule has 7 nitrogen and oxygen atoms in total. The van der Waals surface area contributed by atoms with Gasteiger partial charge in [-0.05, 0) is 38.0 Å². The number of ether oxygens (including phenoxy) is 1. The molecule has 0 aromatic carbocycles. The summed E-state index contributed by atoms with van der Waals surface area (Å²) in [5, 5.41) is 11.2. The molecule has 1 heterocycles. The van der Waals surface area contributed by atoms with Gasteiger partial charge in [0.1, 0.15) is 5.82 Å². The largest absolute Gasteiger partial charge is 0.384 e. The van der Waals surface area contributed by atoms with E-state index in [0.717, 1.165) is 25.7 Å². The van der Waals surface area contributed by atoms with Gasteiger partial charge in [0.15, 0.2) is 5.69 Å². The Hall–Kier alpha value is -1.76. The van der Waals surface area contributed by atoms with Crippen molar-refractivity contribution in [2.75, 3.05) is 13.7 Å². The van der Waals surface area contributed by atoms with Crippen LogP contribution in [0.25, 0.3) is 0 Å². The topological polar surface area (TPSA) is 97.0 Å². The van der Waals surface area contributed by atoms with E-state index in [1.54, 1.807) is 7.11 Å². The summed E-state index contributed by atoms with van der Waals surface area (Å²) in [6, 6.07) is -0.408. The number of H-pyrrole nitrogens is 1. The molecule has 1 aliphatic carbocycles. The Kier molecular flexibility index (Phi) is 7.11. The minimum Gasteiger partial charge on any atom is -0.384 e. The molecular formula is C18H30N4O3. The normalized spacial score (nSPS) is 23.0. The van der Waals surface area contributed by atoms with Crippen molar-refractivity contribution in [3.8, 4) is 0 Å². The summed E-state index contributed by atoms with van der Waals surface area (Å²) in [4.78, 5) is 27.7. The van der Waals surface area contributed by atoms with E-state index in [1.165, 1.54) is 0 Å². The average Bonchev–Trinajstić information content (AvgIpc) is 2.60. The number of hydrogen-bond acceptors (Lipinski definition) is 5. The zero-order valence-corrected chi connectivity index (χ0v) is 15.7. The minimum absolute atomic E-state index is 0.0248. The SMILES string of the molecule is CCC(NC(=O)C1CCC(C)CC1)c1nnc(C(C)COC)[nH]c1=O. The lowest BCUT2D eigenvalue weighted by Crippen LogP contribution is -2.38. The Morgan fingerprint density at radius 1 is 1.32 bits per heavy atom. The summed E-state index contributed by atoms with van der Waals surface area (Å²) in [7, 11) is 1.60. The van der Waals surface area contributed by atoms with Crippen molar-refractivity contribution in [2.24, 2.45) is 11.8 Å². The molecule has 0 aliphatic heterocycles. The molecular weight excluding hydrogens is 320 g/mol. The van der Waals surface area contributed by atoms with Crippen LogP contribution in [0.3, 0.4) is 0 Å². The van der Waals surface area contributed by atoms with Crippen molar-refractivity contribution in [2.45, 2.75) is 64.8 Å². The number of nitrogens with zero attached hydrogens (tertiary/aromatic N) is 2. The Bertz CT molecular complexity index is 623. The number of amides is 1. The average molecular weight is 350 g/mol. The Morgan fingerprint density at radius 3 is 2.56 bits per heavy atom. The van der Waals surface area contributed by atoms with Gasteiger partial charge in [0, 0.05) is 18.9 Å². The fraction of sp³-hybridized carbons (Fsp3) is 0.778. The predicted molar refractivity (Wildman–Crippen MR) is 95.2 cm³/mol. The lowest BCUT2D eigenvalue weighted by atomic mass is 9.82. The molecule has 0 spiro atoms. The molecule has 1 aromatic rings. The molecule has 7 heteroatoms. The van der Waals surface area contributed by atoms with Crippen LogP contribution in [0.1, 0.15) is 76.4 Å². The fourth-order valence-electron chi connectivity index (χ4n) is 3.31. The van der Waals surface area contributed by atoms with Gasteiger partial charge in [-0.25, -0.2) is 0 Å². The first-order chi connectivity index (χ1) is 12.0. The third-order valence-corrected chi connectivity index (χ3v) is 5.06. The first-order valence-electron chi connectivity index (χ1n) is 9.22. The quantitative estimate of drug-likeness (QED) is 0.786. The number of nitrogens with one attached hydrogen (secondary N) is 2. The van der Waals surface area contributed by atoms with Crippen LogP contribution in [0.15, 0.2) is 4.79 Å². The number of methoxy groups -OCH3 is 1. The van der Waals surface area contributed by atoms with Crippen LogP contribution < -0.4 is 10.9 Å². The van der Waals surface area contributed by atoms with E-state index in [-0.39, 0.29) is 29.0 Å². The molecule has 0 saturated heterocycles. The number of carbonyl (C=O) groups is 1. The van der Waals surface area contributed by atoms with Crippen LogP contribution in [-0.4, -0.2) is 34.8 Å². The van der Waals surface area contributed by atoms with Gasteiger partial charge in [0.2, 0.25) is 5.91 Å². The molecule has 2 N–H and O–H groups in total. The molecule has 140 valence electrons. The van der Waals surface area contributed by atoms with Crippen molar-refractivity contribution in [1.82, 2.24) is 20.5 Å². The zero-order valence-electron chi connectivity index (χ0n) is 15.7. The lowest BCUT2D eigenvalue weighted by molar-refractivity contribution is -0.127. The summed E-state index contributed by atoms with van der Waals surface area (Å²) in [6.07, 6.45) is 4.60. The molecule has 25 heavy (non-hydrogen) atoms. The molecule has 2 unspecified atom stereocenters. The number of aromatic amines is 1. The molecule has 1 fully saturated rings. The summed E-state index contributed by atoms with van der Waals surface area (Å²) in [6.45, 7) is 6.52. The molecule has 1 aliphatic rings. The van der Waals surface area contributed by atoms with Crippen molar-refractivity contribution in [1.29, 1.82) is 0 Å². The van der Waals surface area contributed by atoms with Crippen molar-refractivity contribution in [3.63, 3.8) is 0 Å². The summed E-state index contributed by atoms with van der Waals surface area (Å²) >= 11 is 0. The van der Waals surface area contributed by atoms with Crippen LogP contribution in [-0.2, 0) is 9.53 Å². The van der Waals surface area contributed by atoms with E-state index in [4.69, 9.17) is 4.74 Å². The Morgan fingerprint density at radius 2 is 2.00 bits per heavy atom. The number of carbonyl (C=O) groups excluding carboxylic acids is 1. The van der Waals surface area contributed by atoms with Gasteiger partial charge in [0.25, 0.3) is 5.56 Å². The van der Waals surface area contributed by atoms with Gasteiger partial charge in [-0.2, -0.15) is 0 Å². The lowest BCUT2D eigenvalue weighted by Gasteiger charge is -2.27. The second-order valence-electron chi connectivity index (χ2n) is 7.21. The Balaban J connectivity index is 2.07. The van der Waals surface area contributed by atoms with Crippen molar-refractivity contribution in [3.05, 3.63) is 21.9 Å². The van der Waals surface area contributed by atoms with Crippen LogP contribution >= 0.6 is 0 Å². The van der Waals surface area contributed by atoms with Gasteiger partial charge in [-0.15, -0.1) is 10.2 Å². The fourth-order valence-corrected chi connectivity index (χ4v) is 3.31. The number of aromatic nitrogens is 3. The van der Waals surface area contributed by atoms with Crippen LogP contribution in [0.4, 0.5) is 0 Å². The van der Waals surface area contributed by atoms with E-state index in [9.17, 15) is 9.59 Å². The maximum atomic E-state index is 12.5. The molecule has 2 atom stereocenters. The smallest absolute Gasteiger partial charge is 0.275 e. The third kappa shape index (κ3) is 5.11. The van der Waals surface area contributed by atoms with E-state index >= 15 is 0 Å². The van der Waals surface area contributed by atoms with E-state index in [0.29, 0.717) is 24.8 Å². The van der Waals surface area contributed by atoms with Crippen LogP contribution in [0.2, 0.25) is 0 Å². The maximum Gasteiger partial charge on any atom is 0.275 e. The summed E-state index contributed by atoms with van der Waals surface area (Å²) in [5.41, 5.74) is -0.0224. The highest BCUT2D eigenvalue weighted by molar-refractivity contribution is 5.79. The second kappa shape index (κ2) is 9.08. The van der Waals surface area contributed by atoms with E-state index < -0.39 is 6.04 Å². The summed E-state index contributed by atoms with van der Waals surface area (Å²) < 4.78 is 5.08. The van der Waals surface area contributed by atoms with Gasteiger partial charge in [0.05, 0.1) is 12.6 Å². The highest BCUT2D eigenvalue weighted by atomic mass is 16.5. The monoisotopic (exact) mass is 350 g/mol. The van der Waals surface area contributed by atoms with Crippen molar-refractivity contribution >= 4 is 5.91 Å². The van der Waals surface area contributed by atoms with E-state index in [2.05, 4.69) is 27.4 Å².